The predicted molar refractivity (Wildman–Crippen MR) is 92.7 cm³/mol. The van der Waals surface area contributed by atoms with Crippen molar-refractivity contribution in [3.63, 3.8) is 0 Å². The Morgan fingerprint density at radius 1 is 1.11 bits per heavy atom. The average Bonchev–Trinajstić information content (AvgIpc) is 2.61. The van der Waals surface area contributed by atoms with Crippen LogP contribution in [-0.2, 0) is 21.4 Å². The van der Waals surface area contributed by atoms with Gasteiger partial charge in [0.05, 0.1) is 12.0 Å². The number of amides is 1. The number of hydrogen-bond acceptors (Lipinski definition) is 5. The van der Waals surface area contributed by atoms with E-state index in [-0.39, 0.29) is 22.6 Å². The highest BCUT2D eigenvalue weighted by Crippen LogP contribution is 2.27. The van der Waals surface area contributed by atoms with Gasteiger partial charge in [0.15, 0.2) is 0 Å². The molecule has 0 aliphatic rings. The largest absolute Gasteiger partial charge is 0.573 e. The molecule has 0 radical (unpaired) electrons. The van der Waals surface area contributed by atoms with Crippen molar-refractivity contribution in [3.8, 4) is 5.75 Å². The number of alkyl halides is 3. The van der Waals surface area contributed by atoms with Crippen LogP contribution in [0.1, 0.15) is 15.9 Å². The lowest BCUT2D eigenvalue weighted by atomic mass is 10.1. The topological polar surface area (TPSA) is 84.9 Å². The van der Waals surface area contributed by atoms with E-state index in [2.05, 4.69) is 9.57 Å². The molecule has 2 aromatic carbocycles. The molecule has 0 bridgehead atoms. The van der Waals surface area contributed by atoms with Crippen LogP contribution < -0.4 is 9.62 Å². The van der Waals surface area contributed by atoms with Gasteiger partial charge in [0.2, 0.25) is 0 Å². The molecule has 0 fully saturated rings. The summed E-state index contributed by atoms with van der Waals surface area (Å²) in [5.41, 5.74) is 0.326. The number of carbonyl (C=O) groups excluding carboxylic acids is 1. The number of nitrogens with one attached hydrogen (secondary N) is 1. The molecular formula is C17H17F3N2O5S. The fourth-order valence-electron chi connectivity index (χ4n) is 2.34. The first-order valence-corrected chi connectivity index (χ1v) is 9.26. The maximum absolute atomic E-state index is 12.5. The Bertz CT molecular complexity index is 931. The third-order valence-corrected chi connectivity index (χ3v) is 4.84. The van der Waals surface area contributed by atoms with Crippen LogP contribution in [0, 0.1) is 0 Å². The first kappa shape index (κ1) is 21.7. The number of benzene rings is 2. The van der Waals surface area contributed by atoms with Crippen molar-refractivity contribution in [1.82, 2.24) is 9.79 Å². The van der Waals surface area contributed by atoms with Crippen LogP contribution in [0.4, 0.5) is 13.2 Å². The minimum atomic E-state index is -4.85. The van der Waals surface area contributed by atoms with Gasteiger partial charge in [-0.05, 0) is 30.3 Å². The molecule has 0 aromatic heterocycles. The van der Waals surface area contributed by atoms with Crippen molar-refractivity contribution in [2.75, 3.05) is 14.2 Å². The molecule has 152 valence electrons. The Balaban J connectivity index is 2.16. The zero-order chi connectivity index (χ0) is 20.9. The van der Waals surface area contributed by atoms with Gasteiger partial charge in [-0.2, -0.15) is 0 Å². The van der Waals surface area contributed by atoms with Crippen molar-refractivity contribution in [1.29, 1.82) is 0 Å². The number of hydrogen-bond donors (Lipinski definition) is 1. The van der Waals surface area contributed by atoms with E-state index >= 15 is 0 Å². The second-order valence-electron chi connectivity index (χ2n) is 5.63. The van der Waals surface area contributed by atoms with E-state index in [0.717, 1.165) is 13.2 Å². The monoisotopic (exact) mass is 418 g/mol. The Labute approximate surface area is 159 Å². The van der Waals surface area contributed by atoms with Crippen LogP contribution in [0.2, 0.25) is 0 Å². The molecule has 0 atom stereocenters. The molecule has 7 nitrogen and oxygen atoms in total. The van der Waals surface area contributed by atoms with Crippen LogP contribution in [0.3, 0.4) is 0 Å². The lowest BCUT2D eigenvalue weighted by Gasteiger charge is -2.20. The van der Waals surface area contributed by atoms with Crippen LogP contribution >= 0.6 is 0 Å². The van der Waals surface area contributed by atoms with Crippen LogP contribution in [0.15, 0.2) is 53.4 Å². The third-order valence-electron chi connectivity index (χ3n) is 3.56. The molecule has 0 aliphatic carbocycles. The summed E-state index contributed by atoms with van der Waals surface area (Å²) < 4.78 is 65.1. The van der Waals surface area contributed by atoms with Gasteiger partial charge in [0.25, 0.3) is 15.9 Å². The van der Waals surface area contributed by atoms with Crippen LogP contribution in [0.25, 0.3) is 0 Å². The van der Waals surface area contributed by atoms with E-state index in [4.69, 9.17) is 0 Å². The Morgan fingerprint density at radius 2 is 1.71 bits per heavy atom. The van der Waals surface area contributed by atoms with Gasteiger partial charge in [-0.3, -0.25) is 9.63 Å². The SMILES string of the molecule is CONS(=O)(=O)c1ccc(C(=O)N(C)Cc2ccccc2OC(F)(F)F)cc1. The minimum Gasteiger partial charge on any atom is -0.405 e. The first-order chi connectivity index (χ1) is 13.0. The quantitative estimate of drug-likeness (QED) is 0.699. The van der Waals surface area contributed by atoms with E-state index in [1.807, 2.05) is 4.89 Å². The highest BCUT2D eigenvalue weighted by atomic mass is 32.2. The summed E-state index contributed by atoms with van der Waals surface area (Å²) in [5.74, 6) is -0.910. The highest BCUT2D eigenvalue weighted by Gasteiger charge is 2.32. The summed E-state index contributed by atoms with van der Waals surface area (Å²) in [6, 6.07) is 10.5. The third kappa shape index (κ3) is 5.68. The second kappa shape index (κ2) is 8.59. The second-order valence-corrected chi connectivity index (χ2v) is 7.28. The zero-order valence-electron chi connectivity index (χ0n) is 14.9. The van der Waals surface area contributed by atoms with Crippen molar-refractivity contribution in [2.24, 2.45) is 0 Å². The number of para-hydroxylation sites is 1. The van der Waals surface area contributed by atoms with Crippen molar-refractivity contribution in [3.05, 3.63) is 59.7 Å². The minimum absolute atomic E-state index is 0.113. The van der Waals surface area contributed by atoms with E-state index in [9.17, 15) is 26.4 Å². The fraction of sp³-hybridized carbons (Fsp3) is 0.235. The van der Waals surface area contributed by atoms with Gasteiger partial charge >= 0.3 is 6.36 Å². The van der Waals surface area contributed by atoms with Gasteiger partial charge in [-0.25, -0.2) is 8.42 Å². The van der Waals surface area contributed by atoms with Gasteiger partial charge < -0.3 is 9.64 Å². The lowest BCUT2D eigenvalue weighted by Crippen LogP contribution is -2.27. The lowest BCUT2D eigenvalue weighted by molar-refractivity contribution is -0.275. The number of halogens is 3. The molecule has 1 N–H and O–H groups in total. The molecule has 0 spiro atoms. The molecule has 1 amide bonds. The molecule has 28 heavy (non-hydrogen) atoms. The summed E-state index contributed by atoms with van der Waals surface area (Å²) >= 11 is 0. The molecular weight excluding hydrogens is 401 g/mol. The number of ether oxygens (including phenoxy) is 1. The maximum atomic E-state index is 12.5. The molecule has 2 rings (SSSR count). The molecule has 0 aliphatic heterocycles. The summed E-state index contributed by atoms with van der Waals surface area (Å²) in [4.78, 5) is 19.8. The fourth-order valence-corrected chi connectivity index (χ4v) is 3.15. The molecule has 0 saturated carbocycles. The Kier molecular flexibility index (Phi) is 6.65. The molecule has 2 aromatic rings. The van der Waals surface area contributed by atoms with Crippen molar-refractivity contribution >= 4 is 15.9 Å². The maximum Gasteiger partial charge on any atom is 0.573 e. The highest BCUT2D eigenvalue weighted by molar-refractivity contribution is 7.89. The number of nitrogens with zero attached hydrogens (tertiary/aromatic N) is 1. The van der Waals surface area contributed by atoms with Gasteiger partial charge in [0.1, 0.15) is 5.75 Å². The van der Waals surface area contributed by atoms with Crippen LogP contribution in [-0.4, -0.2) is 39.7 Å². The van der Waals surface area contributed by atoms with Gasteiger partial charge in [0, 0.05) is 24.7 Å². The van der Waals surface area contributed by atoms with E-state index in [1.54, 1.807) is 0 Å². The molecule has 0 heterocycles. The Morgan fingerprint density at radius 3 is 2.29 bits per heavy atom. The van der Waals surface area contributed by atoms with E-state index in [1.165, 1.54) is 54.4 Å². The number of sulfonamides is 1. The average molecular weight is 418 g/mol. The van der Waals surface area contributed by atoms with Gasteiger partial charge in [-0.15, -0.1) is 13.2 Å². The van der Waals surface area contributed by atoms with Crippen molar-refractivity contribution < 1.29 is 36.0 Å². The predicted octanol–water partition coefficient (Wildman–Crippen LogP) is 2.70. The molecule has 0 unspecified atom stereocenters. The van der Waals surface area contributed by atoms with Gasteiger partial charge in [-0.1, -0.05) is 23.1 Å². The normalized spacial score (nSPS) is 11.9. The summed E-state index contributed by atoms with van der Waals surface area (Å²) in [6.45, 7) is -0.142. The first-order valence-electron chi connectivity index (χ1n) is 7.77. The summed E-state index contributed by atoms with van der Waals surface area (Å²) in [5, 5.41) is 0. The number of rotatable bonds is 7. The standard InChI is InChI=1S/C17H17F3N2O5S/c1-22(11-13-5-3-4-6-15(13)27-17(18,19)20)16(23)12-7-9-14(10-8-12)28(24,25)21-26-2/h3-10,21H,11H2,1-2H3. The zero-order valence-corrected chi connectivity index (χ0v) is 15.7. The van der Waals surface area contributed by atoms with E-state index in [0.29, 0.717) is 0 Å². The summed E-state index contributed by atoms with van der Waals surface area (Å²) in [6.07, 6.45) is -4.85. The Hall–Kier alpha value is -2.63. The smallest absolute Gasteiger partial charge is 0.405 e. The molecule has 11 heteroatoms. The molecule has 0 saturated heterocycles. The van der Waals surface area contributed by atoms with E-state index < -0.39 is 28.0 Å². The van der Waals surface area contributed by atoms with Crippen LogP contribution in [0.5, 0.6) is 5.75 Å². The summed E-state index contributed by atoms with van der Waals surface area (Å²) in [7, 11) is -1.31. The van der Waals surface area contributed by atoms with Crippen molar-refractivity contribution in [2.45, 2.75) is 17.8 Å². The number of carbonyl (C=O) groups is 1.